The number of hydrogen-bond donors (Lipinski definition) is 1. The summed E-state index contributed by atoms with van der Waals surface area (Å²) < 4.78 is 0. The van der Waals surface area contributed by atoms with Gasteiger partial charge in [0.05, 0.1) is 0 Å². The number of hydrogen-bond acceptors (Lipinski definition) is 4. The van der Waals surface area contributed by atoms with E-state index in [1.54, 1.807) is 18.3 Å². The monoisotopic (exact) mass is 330 g/mol. The van der Waals surface area contributed by atoms with Crippen LogP contribution < -0.4 is 10.2 Å². The number of aromatic nitrogens is 2. The van der Waals surface area contributed by atoms with Gasteiger partial charge in [0, 0.05) is 18.4 Å². The zero-order chi connectivity index (χ0) is 17.1. The van der Waals surface area contributed by atoms with Crippen molar-refractivity contribution in [2.75, 3.05) is 16.8 Å². The van der Waals surface area contributed by atoms with Crippen LogP contribution in [0.3, 0.4) is 0 Å². The quantitative estimate of drug-likeness (QED) is 0.793. The molecular formula is C20H18N4O. The lowest BCUT2D eigenvalue weighted by atomic mass is 10.0. The molecule has 4 rings (SSSR count). The van der Waals surface area contributed by atoms with E-state index in [2.05, 4.69) is 38.4 Å². The van der Waals surface area contributed by atoms with Gasteiger partial charge in [-0.25, -0.2) is 9.97 Å². The third kappa shape index (κ3) is 3.21. The predicted octanol–water partition coefficient (Wildman–Crippen LogP) is 3.81. The van der Waals surface area contributed by atoms with Crippen molar-refractivity contribution in [1.82, 2.24) is 9.97 Å². The molecule has 5 nitrogen and oxygen atoms in total. The van der Waals surface area contributed by atoms with Gasteiger partial charge >= 0.3 is 0 Å². The lowest BCUT2D eigenvalue weighted by Gasteiger charge is -2.30. The van der Waals surface area contributed by atoms with Gasteiger partial charge in [0.1, 0.15) is 17.3 Å². The van der Waals surface area contributed by atoms with Gasteiger partial charge in [-0.15, -0.1) is 0 Å². The van der Waals surface area contributed by atoms with Crippen molar-refractivity contribution in [1.29, 1.82) is 0 Å². The number of pyridine rings is 2. The lowest BCUT2D eigenvalue weighted by molar-refractivity contribution is 0.102. The number of para-hydroxylation sites is 1. The van der Waals surface area contributed by atoms with Gasteiger partial charge in [-0.05, 0) is 48.7 Å². The molecule has 0 unspecified atom stereocenters. The minimum Gasteiger partial charge on any atom is -0.326 e. The first-order chi connectivity index (χ1) is 12.3. The molecule has 0 bridgehead atoms. The summed E-state index contributed by atoms with van der Waals surface area (Å²) in [6.07, 6.45) is 3.79. The molecule has 3 heterocycles. The number of carbonyl (C=O) groups excluding carboxylic acids is 1. The Labute approximate surface area is 146 Å². The summed E-state index contributed by atoms with van der Waals surface area (Å²) in [4.78, 5) is 23.3. The SMILES string of the molecule is O=C(Nc1ccccn1)c1cccc(N2CCCc3ccccc32)n1. The number of benzene rings is 1. The zero-order valence-corrected chi connectivity index (χ0v) is 13.7. The molecule has 1 aliphatic rings. The molecular weight excluding hydrogens is 312 g/mol. The first-order valence-electron chi connectivity index (χ1n) is 8.36. The van der Waals surface area contributed by atoms with Crippen LogP contribution in [0.4, 0.5) is 17.3 Å². The lowest BCUT2D eigenvalue weighted by Crippen LogP contribution is -2.26. The molecule has 3 aromatic rings. The molecule has 124 valence electrons. The highest BCUT2D eigenvalue weighted by atomic mass is 16.1. The van der Waals surface area contributed by atoms with Gasteiger partial charge in [-0.2, -0.15) is 0 Å². The van der Waals surface area contributed by atoms with Gasteiger partial charge in [0.15, 0.2) is 0 Å². The normalized spacial score (nSPS) is 13.2. The van der Waals surface area contributed by atoms with Crippen LogP contribution >= 0.6 is 0 Å². The van der Waals surface area contributed by atoms with Gasteiger partial charge in [0.25, 0.3) is 5.91 Å². The molecule has 0 radical (unpaired) electrons. The molecule has 0 spiro atoms. The maximum atomic E-state index is 12.5. The summed E-state index contributed by atoms with van der Waals surface area (Å²) in [6.45, 7) is 0.898. The van der Waals surface area contributed by atoms with E-state index in [9.17, 15) is 4.79 Å². The minimum absolute atomic E-state index is 0.258. The molecule has 0 atom stereocenters. The Bertz CT molecular complexity index is 895. The van der Waals surface area contributed by atoms with Crippen LogP contribution in [0, 0.1) is 0 Å². The maximum absolute atomic E-state index is 12.5. The minimum atomic E-state index is -0.258. The van der Waals surface area contributed by atoms with Crippen molar-refractivity contribution in [3.8, 4) is 0 Å². The topological polar surface area (TPSA) is 58.1 Å². The van der Waals surface area contributed by atoms with Crippen molar-refractivity contribution in [3.63, 3.8) is 0 Å². The third-order valence-electron chi connectivity index (χ3n) is 4.26. The van der Waals surface area contributed by atoms with E-state index in [1.165, 1.54) is 11.3 Å². The molecule has 1 aliphatic heterocycles. The maximum Gasteiger partial charge on any atom is 0.275 e. The average Bonchev–Trinajstić information content (AvgIpc) is 2.68. The Hall–Kier alpha value is -3.21. The summed E-state index contributed by atoms with van der Waals surface area (Å²) in [5.41, 5.74) is 2.87. The summed E-state index contributed by atoms with van der Waals surface area (Å²) >= 11 is 0. The van der Waals surface area contributed by atoms with Crippen LogP contribution in [-0.2, 0) is 6.42 Å². The second-order valence-corrected chi connectivity index (χ2v) is 5.93. The van der Waals surface area contributed by atoms with Gasteiger partial charge in [-0.3, -0.25) is 4.79 Å². The van der Waals surface area contributed by atoms with Gasteiger partial charge in [0.2, 0.25) is 0 Å². The summed E-state index contributed by atoms with van der Waals surface area (Å²) in [6, 6.07) is 19.3. The highest BCUT2D eigenvalue weighted by Crippen LogP contribution is 2.32. The van der Waals surface area contributed by atoms with Crippen LogP contribution in [-0.4, -0.2) is 22.4 Å². The standard InChI is InChI=1S/C20H18N4O/c25-20(23-18-11-3-4-13-21-18)16-9-5-12-19(22-16)24-14-6-8-15-7-1-2-10-17(15)24/h1-5,7,9-13H,6,8,14H2,(H,21,23,25). The molecule has 0 saturated carbocycles. The van der Waals surface area contributed by atoms with E-state index >= 15 is 0 Å². The van der Waals surface area contributed by atoms with Crippen molar-refractivity contribution < 1.29 is 4.79 Å². The number of nitrogens with zero attached hydrogens (tertiary/aromatic N) is 3. The van der Waals surface area contributed by atoms with Crippen molar-refractivity contribution in [2.24, 2.45) is 0 Å². The van der Waals surface area contributed by atoms with Crippen molar-refractivity contribution in [2.45, 2.75) is 12.8 Å². The second kappa shape index (κ2) is 6.73. The molecule has 5 heteroatoms. The van der Waals surface area contributed by atoms with E-state index in [0.29, 0.717) is 11.5 Å². The Morgan fingerprint density at radius 2 is 1.88 bits per heavy atom. The number of amides is 1. The highest BCUT2D eigenvalue weighted by Gasteiger charge is 2.19. The highest BCUT2D eigenvalue weighted by molar-refractivity contribution is 6.02. The average molecular weight is 330 g/mol. The molecule has 25 heavy (non-hydrogen) atoms. The smallest absolute Gasteiger partial charge is 0.275 e. The fourth-order valence-electron chi connectivity index (χ4n) is 3.09. The van der Waals surface area contributed by atoms with Crippen LogP contribution in [0.25, 0.3) is 0 Å². The first-order valence-corrected chi connectivity index (χ1v) is 8.36. The van der Waals surface area contributed by atoms with E-state index in [1.807, 2.05) is 30.3 Å². The Kier molecular flexibility index (Phi) is 4.12. The van der Waals surface area contributed by atoms with E-state index in [0.717, 1.165) is 25.2 Å². The van der Waals surface area contributed by atoms with E-state index in [-0.39, 0.29) is 5.91 Å². The summed E-state index contributed by atoms with van der Waals surface area (Å²) in [7, 11) is 0. The molecule has 0 aliphatic carbocycles. The predicted molar refractivity (Wildman–Crippen MR) is 98.2 cm³/mol. The third-order valence-corrected chi connectivity index (χ3v) is 4.26. The largest absolute Gasteiger partial charge is 0.326 e. The molecule has 2 aromatic heterocycles. The number of rotatable bonds is 3. The molecule has 1 N–H and O–H groups in total. The second-order valence-electron chi connectivity index (χ2n) is 5.93. The first kappa shape index (κ1) is 15.3. The molecule has 1 aromatic carbocycles. The Morgan fingerprint density at radius 3 is 2.76 bits per heavy atom. The van der Waals surface area contributed by atoms with Crippen LogP contribution in [0.2, 0.25) is 0 Å². The van der Waals surface area contributed by atoms with Crippen molar-refractivity contribution in [3.05, 3.63) is 78.1 Å². The number of nitrogens with one attached hydrogen (secondary N) is 1. The number of anilines is 3. The number of aryl methyl sites for hydroxylation is 1. The van der Waals surface area contributed by atoms with Gasteiger partial charge < -0.3 is 10.2 Å². The Balaban J connectivity index is 1.61. The van der Waals surface area contributed by atoms with E-state index < -0.39 is 0 Å². The van der Waals surface area contributed by atoms with Crippen LogP contribution in [0.1, 0.15) is 22.5 Å². The van der Waals surface area contributed by atoms with Crippen LogP contribution in [0.5, 0.6) is 0 Å². The summed E-state index contributed by atoms with van der Waals surface area (Å²) in [5, 5.41) is 2.78. The van der Waals surface area contributed by atoms with Crippen molar-refractivity contribution >= 4 is 23.2 Å². The van der Waals surface area contributed by atoms with E-state index in [4.69, 9.17) is 0 Å². The summed E-state index contributed by atoms with van der Waals surface area (Å²) in [5.74, 6) is 1.05. The number of fused-ring (bicyclic) bond motifs is 1. The molecule has 0 saturated heterocycles. The van der Waals surface area contributed by atoms with Gasteiger partial charge in [-0.1, -0.05) is 30.3 Å². The zero-order valence-electron chi connectivity index (χ0n) is 13.7. The molecule has 0 fully saturated rings. The van der Waals surface area contributed by atoms with Crippen LogP contribution in [0.15, 0.2) is 66.9 Å². The number of carbonyl (C=O) groups is 1. The fraction of sp³-hybridized carbons (Fsp3) is 0.150. The fourth-order valence-corrected chi connectivity index (χ4v) is 3.09. The Morgan fingerprint density at radius 1 is 1.00 bits per heavy atom. The molecule has 1 amide bonds.